The lowest BCUT2D eigenvalue weighted by molar-refractivity contribution is 0.102. The van der Waals surface area contributed by atoms with Crippen LogP contribution in [0.3, 0.4) is 0 Å². The smallest absolute Gasteiger partial charge is 0.257 e. The summed E-state index contributed by atoms with van der Waals surface area (Å²) in [5, 5.41) is 4.19. The highest BCUT2D eigenvalue weighted by Crippen LogP contribution is 2.30. The molecule has 0 fully saturated rings. The molecule has 0 aliphatic rings. The fourth-order valence-corrected chi connectivity index (χ4v) is 3.25. The molecule has 0 radical (unpaired) electrons. The molecular formula is C22H18ClN5O. The van der Waals surface area contributed by atoms with E-state index in [0.29, 0.717) is 33.4 Å². The lowest BCUT2D eigenvalue weighted by Gasteiger charge is -2.13. The molecule has 4 rings (SSSR count). The van der Waals surface area contributed by atoms with Crippen LogP contribution < -0.4 is 10.2 Å². The van der Waals surface area contributed by atoms with Crippen molar-refractivity contribution in [3.05, 3.63) is 77.6 Å². The maximum Gasteiger partial charge on any atom is 0.257 e. The van der Waals surface area contributed by atoms with Gasteiger partial charge in [-0.05, 0) is 18.2 Å². The number of fused-ring (bicyclic) bond motifs is 1. The number of benzene rings is 2. The van der Waals surface area contributed by atoms with Gasteiger partial charge >= 0.3 is 0 Å². The Labute approximate surface area is 173 Å². The SMILES string of the molecule is CN(C)c1cc(NC(=O)c2cc(-c3ccccc3Cl)nc3ccccc23)ncn1. The molecule has 1 amide bonds. The molecule has 7 heteroatoms. The fourth-order valence-electron chi connectivity index (χ4n) is 3.01. The summed E-state index contributed by atoms with van der Waals surface area (Å²) in [7, 11) is 3.75. The number of anilines is 2. The summed E-state index contributed by atoms with van der Waals surface area (Å²) in [4.78, 5) is 28.0. The van der Waals surface area contributed by atoms with Crippen LogP contribution >= 0.6 is 11.6 Å². The molecule has 2 aromatic heterocycles. The second kappa shape index (κ2) is 7.85. The van der Waals surface area contributed by atoms with Crippen molar-refractivity contribution in [1.29, 1.82) is 0 Å². The summed E-state index contributed by atoms with van der Waals surface area (Å²) < 4.78 is 0. The molecule has 0 aliphatic carbocycles. The Hall–Kier alpha value is -3.51. The number of carbonyl (C=O) groups excluding carboxylic acids is 1. The first-order valence-electron chi connectivity index (χ1n) is 8.98. The van der Waals surface area contributed by atoms with Crippen LogP contribution in [0.5, 0.6) is 0 Å². The molecule has 29 heavy (non-hydrogen) atoms. The first-order valence-corrected chi connectivity index (χ1v) is 9.36. The van der Waals surface area contributed by atoms with Crippen LogP contribution in [0.25, 0.3) is 22.2 Å². The Morgan fingerprint density at radius 1 is 1.00 bits per heavy atom. The van der Waals surface area contributed by atoms with Crippen LogP contribution in [0.2, 0.25) is 5.02 Å². The van der Waals surface area contributed by atoms with Crippen molar-refractivity contribution in [2.45, 2.75) is 0 Å². The lowest BCUT2D eigenvalue weighted by atomic mass is 10.0. The highest BCUT2D eigenvalue weighted by molar-refractivity contribution is 6.33. The van der Waals surface area contributed by atoms with E-state index in [4.69, 9.17) is 16.6 Å². The van der Waals surface area contributed by atoms with Crippen LogP contribution in [0, 0.1) is 0 Å². The van der Waals surface area contributed by atoms with E-state index in [1.165, 1.54) is 6.33 Å². The molecule has 144 valence electrons. The van der Waals surface area contributed by atoms with E-state index in [-0.39, 0.29) is 5.91 Å². The number of nitrogens with one attached hydrogen (secondary N) is 1. The third-order valence-corrected chi connectivity index (χ3v) is 4.79. The van der Waals surface area contributed by atoms with Gasteiger partial charge in [-0.15, -0.1) is 0 Å². The van der Waals surface area contributed by atoms with Crippen molar-refractivity contribution < 1.29 is 4.79 Å². The van der Waals surface area contributed by atoms with Gasteiger partial charge in [-0.1, -0.05) is 48.0 Å². The normalized spacial score (nSPS) is 10.7. The third kappa shape index (κ3) is 3.88. The summed E-state index contributed by atoms with van der Waals surface area (Å²) in [6.45, 7) is 0. The zero-order valence-electron chi connectivity index (χ0n) is 15.9. The van der Waals surface area contributed by atoms with E-state index in [1.54, 1.807) is 18.2 Å². The van der Waals surface area contributed by atoms with Crippen LogP contribution in [0.15, 0.2) is 67.0 Å². The van der Waals surface area contributed by atoms with Crippen molar-refractivity contribution in [2.24, 2.45) is 0 Å². The number of amides is 1. The van der Waals surface area contributed by atoms with E-state index in [1.807, 2.05) is 61.5 Å². The van der Waals surface area contributed by atoms with E-state index >= 15 is 0 Å². The maximum absolute atomic E-state index is 13.1. The van der Waals surface area contributed by atoms with E-state index in [2.05, 4.69) is 15.3 Å². The number of nitrogens with zero attached hydrogens (tertiary/aromatic N) is 4. The molecule has 1 N–H and O–H groups in total. The molecule has 0 unspecified atom stereocenters. The van der Waals surface area contributed by atoms with Gasteiger partial charge in [0.05, 0.1) is 16.8 Å². The van der Waals surface area contributed by atoms with Gasteiger partial charge in [0.15, 0.2) is 0 Å². The fraction of sp³-hybridized carbons (Fsp3) is 0.0909. The number of para-hydroxylation sites is 1. The summed E-state index contributed by atoms with van der Waals surface area (Å²) in [6, 6.07) is 18.4. The second-order valence-corrected chi connectivity index (χ2v) is 7.07. The molecule has 0 atom stereocenters. The van der Waals surface area contributed by atoms with Crippen molar-refractivity contribution in [1.82, 2.24) is 15.0 Å². The predicted molar refractivity (Wildman–Crippen MR) is 117 cm³/mol. The topological polar surface area (TPSA) is 71.0 Å². The van der Waals surface area contributed by atoms with Crippen LogP contribution in [-0.4, -0.2) is 35.0 Å². The number of hydrogen-bond donors (Lipinski definition) is 1. The Kier molecular flexibility index (Phi) is 5.10. The third-order valence-electron chi connectivity index (χ3n) is 4.46. The number of aromatic nitrogens is 3. The minimum atomic E-state index is -0.277. The van der Waals surface area contributed by atoms with Crippen LogP contribution in [0.4, 0.5) is 11.6 Å². The van der Waals surface area contributed by atoms with Gasteiger partial charge in [-0.2, -0.15) is 0 Å². The minimum absolute atomic E-state index is 0.277. The van der Waals surface area contributed by atoms with Crippen molar-refractivity contribution in [3.63, 3.8) is 0 Å². The minimum Gasteiger partial charge on any atom is -0.363 e. The van der Waals surface area contributed by atoms with Crippen molar-refractivity contribution >= 4 is 40.0 Å². The molecule has 0 aliphatic heterocycles. The summed E-state index contributed by atoms with van der Waals surface area (Å²) in [5.41, 5.74) is 2.62. The number of halogens is 1. The standard InChI is InChI=1S/C22H18ClN5O/c1-28(2)21-12-20(24-13-25-21)27-22(29)16-11-19(15-8-3-5-9-17(15)23)26-18-10-6-4-7-14(16)18/h3-13H,1-2H3,(H,24,25,27,29). The maximum atomic E-state index is 13.1. The zero-order chi connectivity index (χ0) is 20.4. The first kappa shape index (κ1) is 18.8. The Morgan fingerprint density at radius 3 is 2.55 bits per heavy atom. The molecule has 0 spiro atoms. The van der Waals surface area contributed by atoms with Crippen LogP contribution in [-0.2, 0) is 0 Å². The number of hydrogen-bond acceptors (Lipinski definition) is 5. The van der Waals surface area contributed by atoms with Gasteiger partial charge in [0.1, 0.15) is 18.0 Å². The average Bonchev–Trinajstić information content (AvgIpc) is 2.73. The Bertz CT molecular complexity index is 1210. The zero-order valence-corrected chi connectivity index (χ0v) is 16.7. The van der Waals surface area contributed by atoms with E-state index in [0.717, 1.165) is 10.9 Å². The lowest BCUT2D eigenvalue weighted by Crippen LogP contribution is -2.16. The molecule has 6 nitrogen and oxygen atoms in total. The monoisotopic (exact) mass is 403 g/mol. The van der Waals surface area contributed by atoms with Crippen molar-refractivity contribution in [2.75, 3.05) is 24.3 Å². The summed E-state index contributed by atoms with van der Waals surface area (Å²) in [5.74, 6) is 0.848. The van der Waals surface area contributed by atoms with E-state index in [9.17, 15) is 4.79 Å². The second-order valence-electron chi connectivity index (χ2n) is 6.66. The quantitative estimate of drug-likeness (QED) is 0.536. The average molecular weight is 404 g/mol. The van der Waals surface area contributed by atoms with Gasteiger partial charge < -0.3 is 10.2 Å². The number of carbonyl (C=O) groups is 1. The molecule has 0 saturated carbocycles. The van der Waals surface area contributed by atoms with Gasteiger partial charge in [-0.25, -0.2) is 15.0 Å². The van der Waals surface area contributed by atoms with E-state index < -0.39 is 0 Å². The van der Waals surface area contributed by atoms with Gasteiger partial charge in [-0.3, -0.25) is 4.79 Å². The highest BCUT2D eigenvalue weighted by atomic mass is 35.5. The molecule has 2 aromatic carbocycles. The van der Waals surface area contributed by atoms with Crippen LogP contribution in [0.1, 0.15) is 10.4 Å². The van der Waals surface area contributed by atoms with Gasteiger partial charge in [0.2, 0.25) is 0 Å². The first-order chi connectivity index (χ1) is 14.0. The van der Waals surface area contributed by atoms with Gasteiger partial charge in [0.25, 0.3) is 5.91 Å². The number of rotatable bonds is 4. The predicted octanol–water partition coefficient (Wildman–Crippen LogP) is 4.66. The molecule has 4 aromatic rings. The summed E-state index contributed by atoms with van der Waals surface area (Å²) in [6.07, 6.45) is 1.42. The molecular weight excluding hydrogens is 386 g/mol. The van der Waals surface area contributed by atoms with Crippen molar-refractivity contribution in [3.8, 4) is 11.3 Å². The largest absolute Gasteiger partial charge is 0.363 e. The van der Waals surface area contributed by atoms with Gasteiger partial charge in [0, 0.05) is 36.1 Å². The highest BCUT2D eigenvalue weighted by Gasteiger charge is 2.16. The molecule has 2 heterocycles. The Balaban J connectivity index is 1.79. The Morgan fingerprint density at radius 2 is 1.76 bits per heavy atom. The molecule has 0 saturated heterocycles. The summed E-state index contributed by atoms with van der Waals surface area (Å²) >= 11 is 6.36. The number of pyridine rings is 1. The molecule has 0 bridgehead atoms.